The third-order valence-corrected chi connectivity index (χ3v) is 4.30. The van der Waals surface area contributed by atoms with Gasteiger partial charge in [-0.2, -0.15) is 0 Å². The van der Waals surface area contributed by atoms with Crippen molar-refractivity contribution in [1.82, 2.24) is 10.2 Å². The molecule has 0 unspecified atom stereocenters. The molecular formula is C19H18N2O2. The van der Waals surface area contributed by atoms with Crippen LogP contribution in [0.25, 0.3) is 21.5 Å². The summed E-state index contributed by atoms with van der Waals surface area (Å²) in [7, 11) is 0. The maximum atomic E-state index is 12.2. The fourth-order valence-corrected chi connectivity index (χ4v) is 3.06. The molecule has 4 rings (SSSR count). The molecule has 3 aromatic carbocycles. The van der Waals surface area contributed by atoms with Crippen LogP contribution in [0.2, 0.25) is 0 Å². The molecule has 1 N–H and O–H groups in total. The quantitative estimate of drug-likeness (QED) is 0.701. The van der Waals surface area contributed by atoms with Crippen LogP contribution in [0.4, 0.5) is 4.79 Å². The van der Waals surface area contributed by atoms with Crippen molar-refractivity contribution >= 4 is 27.6 Å². The van der Waals surface area contributed by atoms with Gasteiger partial charge in [0.1, 0.15) is 5.75 Å². The van der Waals surface area contributed by atoms with Crippen molar-refractivity contribution in [1.29, 1.82) is 0 Å². The van der Waals surface area contributed by atoms with Crippen molar-refractivity contribution < 1.29 is 9.53 Å². The number of rotatable bonds is 1. The molecule has 0 radical (unpaired) electrons. The van der Waals surface area contributed by atoms with Gasteiger partial charge in [-0.1, -0.05) is 42.5 Å². The first kappa shape index (κ1) is 14.0. The van der Waals surface area contributed by atoms with E-state index in [4.69, 9.17) is 4.74 Å². The molecule has 1 amide bonds. The molecule has 0 atom stereocenters. The van der Waals surface area contributed by atoms with Crippen molar-refractivity contribution in [3.63, 3.8) is 0 Å². The van der Waals surface area contributed by atoms with Gasteiger partial charge in [-0.25, -0.2) is 4.79 Å². The van der Waals surface area contributed by atoms with Gasteiger partial charge in [0.15, 0.2) is 0 Å². The Morgan fingerprint density at radius 3 is 2.43 bits per heavy atom. The number of nitrogens with one attached hydrogen (secondary N) is 1. The predicted octanol–water partition coefficient (Wildman–Crippen LogP) is 3.40. The van der Waals surface area contributed by atoms with Gasteiger partial charge in [-0.15, -0.1) is 0 Å². The number of hydrogen-bond acceptors (Lipinski definition) is 3. The molecule has 0 aliphatic carbocycles. The van der Waals surface area contributed by atoms with Gasteiger partial charge in [0, 0.05) is 26.2 Å². The summed E-state index contributed by atoms with van der Waals surface area (Å²) in [4.78, 5) is 14.0. The lowest BCUT2D eigenvalue weighted by Gasteiger charge is -2.26. The predicted molar refractivity (Wildman–Crippen MR) is 91.9 cm³/mol. The first-order chi connectivity index (χ1) is 11.3. The highest BCUT2D eigenvalue weighted by atomic mass is 16.6. The van der Waals surface area contributed by atoms with E-state index in [9.17, 15) is 4.79 Å². The van der Waals surface area contributed by atoms with Crippen molar-refractivity contribution in [3.8, 4) is 5.75 Å². The van der Waals surface area contributed by atoms with E-state index in [2.05, 4.69) is 29.6 Å². The molecule has 4 nitrogen and oxygen atoms in total. The van der Waals surface area contributed by atoms with Gasteiger partial charge >= 0.3 is 6.09 Å². The molecule has 0 saturated carbocycles. The van der Waals surface area contributed by atoms with E-state index >= 15 is 0 Å². The van der Waals surface area contributed by atoms with E-state index in [1.165, 1.54) is 10.8 Å². The number of amides is 1. The molecule has 0 spiro atoms. The van der Waals surface area contributed by atoms with E-state index in [1.54, 1.807) is 4.90 Å². The molecule has 1 heterocycles. The molecule has 1 fully saturated rings. The summed E-state index contributed by atoms with van der Waals surface area (Å²) in [6, 6.07) is 18.3. The first-order valence-electron chi connectivity index (χ1n) is 7.90. The molecule has 0 bridgehead atoms. The largest absolute Gasteiger partial charge is 0.415 e. The van der Waals surface area contributed by atoms with E-state index in [1.807, 2.05) is 30.3 Å². The number of piperazine rings is 1. The zero-order valence-corrected chi connectivity index (χ0v) is 12.8. The Bertz CT molecular complexity index is 870. The molecule has 3 aromatic rings. The Morgan fingerprint density at radius 1 is 0.913 bits per heavy atom. The Labute approximate surface area is 134 Å². The monoisotopic (exact) mass is 306 g/mol. The van der Waals surface area contributed by atoms with Crippen LogP contribution in [0.3, 0.4) is 0 Å². The average Bonchev–Trinajstić information content (AvgIpc) is 2.62. The average molecular weight is 306 g/mol. The second-order valence-electron chi connectivity index (χ2n) is 5.77. The topological polar surface area (TPSA) is 41.6 Å². The molecule has 23 heavy (non-hydrogen) atoms. The lowest BCUT2D eigenvalue weighted by atomic mass is 10.0. The third-order valence-electron chi connectivity index (χ3n) is 4.30. The van der Waals surface area contributed by atoms with Crippen LogP contribution in [0.5, 0.6) is 5.75 Å². The van der Waals surface area contributed by atoms with Gasteiger partial charge in [0.05, 0.1) is 0 Å². The molecule has 4 heteroatoms. The van der Waals surface area contributed by atoms with Gasteiger partial charge in [0.25, 0.3) is 0 Å². The number of benzene rings is 3. The number of carbonyl (C=O) groups excluding carboxylic acids is 1. The number of carbonyl (C=O) groups is 1. The third kappa shape index (κ3) is 2.73. The van der Waals surface area contributed by atoms with Crippen LogP contribution in [0.1, 0.15) is 0 Å². The number of nitrogens with zero attached hydrogens (tertiary/aromatic N) is 1. The summed E-state index contributed by atoms with van der Waals surface area (Å²) in [6.45, 7) is 3.01. The molecule has 1 aliphatic rings. The zero-order valence-electron chi connectivity index (χ0n) is 12.8. The van der Waals surface area contributed by atoms with Crippen LogP contribution in [-0.4, -0.2) is 37.2 Å². The van der Waals surface area contributed by atoms with Crippen LogP contribution in [-0.2, 0) is 0 Å². The molecule has 1 saturated heterocycles. The zero-order chi connectivity index (χ0) is 15.6. The van der Waals surface area contributed by atoms with Gasteiger partial charge in [0.2, 0.25) is 0 Å². The highest BCUT2D eigenvalue weighted by Gasteiger charge is 2.18. The maximum Gasteiger partial charge on any atom is 0.415 e. The minimum Gasteiger partial charge on any atom is -0.410 e. The lowest BCUT2D eigenvalue weighted by Crippen LogP contribution is -2.47. The van der Waals surface area contributed by atoms with E-state index in [-0.39, 0.29) is 6.09 Å². The number of ether oxygens (including phenoxy) is 1. The van der Waals surface area contributed by atoms with Crippen molar-refractivity contribution in [2.45, 2.75) is 0 Å². The SMILES string of the molecule is O=C(Oc1ccc2ccc3ccccc3c2c1)N1CCNCC1. The summed E-state index contributed by atoms with van der Waals surface area (Å²) < 4.78 is 5.57. The second-order valence-corrected chi connectivity index (χ2v) is 5.77. The number of fused-ring (bicyclic) bond motifs is 3. The molecule has 0 aromatic heterocycles. The highest BCUT2D eigenvalue weighted by Crippen LogP contribution is 2.28. The summed E-state index contributed by atoms with van der Waals surface area (Å²) in [6.07, 6.45) is -0.272. The Hall–Kier alpha value is -2.59. The Morgan fingerprint density at radius 2 is 1.61 bits per heavy atom. The Kier molecular flexibility index (Phi) is 3.60. The lowest BCUT2D eigenvalue weighted by molar-refractivity contribution is 0.146. The first-order valence-corrected chi connectivity index (χ1v) is 7.90. The summed E-state index contributed by atoms with van der Waals surface area (Å²) in [5, 5.41) is 7.83. The van der Waals surface area contributed by atoms with Crippen LogP contribution >= 0.6 is 0 Å². The van der Waals surface area contributed by atoms with Crippen molar-refractivity contribution in [3.05, 3.63) is 54.6 Å². The summed E-state index contributed by atoms with van der Waals surface area (Å²) >= 11 is 0. The van der Waals surface area contributed by atoms with Gasteiger partial charge in [-0.3, -0.25) is 0 Å². The van der Waals surface area contributed by atoms with E-state index < -0.39 is 0 Å². The normalized spacial score (nSPS) is 15.0. The minimum absolute atomic E-state index is 0.272. The van der Waals surface area contributed by atoms with Gasteiger partial charge < -0.3 is 15.0 Å². The fourth-order valence-electron chi connectivity index (χ4n) is 3.06. The molecule has 116 valence electrons. The van der Waals surface area contributed by atoms with Crippen LogP contribution in [0, 0.1) is 0 Å². The number of hydrogen-bond donors (Lipinski definition) is 1. The van der Waals surface area contributed by atoms with Crippen LogP contribution in [0.15, 0.2) is 54.6 Å². The highest BCUT2D eigenvalue weighted by molar-refractivity contribution is 6.07. The minimum atomic E-state index is -0.272. The maximum absolute atomic E-state index is 12.2. The van der Waals surface area contributed by atoms with Crippen LogP contribution < -0.4 is 10.1 Å². The summed E-state index contributed by atoms with van der Waals surface area (Å²) in [5.74, 6) is 0.595. The van der Waals surface area contributed by atoms with Gasteiger partial charge in [-0.05, 0) is 33.7 Å². The Balaban J connectivity index is 1.67. The van der Waals surface area contributed by atoms with Crippen molar-refractivity contribution in [2.24, 2.45) is 0 Å². The van der Waals surface area contributed by atoms with E-state index in [0.29, 0.717) is 18.8 Å². The smallest absolute Gasteiger partial charge is 0.410 e. The standard InChI is InChI=1S/C19H18N2O2/c22-19(21-11-9-20-10-12-21)23-16-8-7-15-6-5-14-3-1-2-4-17(14)18(15)13-16/h1-8,13,20H,9-12H2. The summed E-state index contributed by atoms with van der Waals surface area (Å²) in [5.41, 5.74) is 0. The molecule has 1 aliphatic heterocycles. The molecular weight excluding hydrogens is 288 g/mol. The van der Waals surface area contributed by atoms with Crippen molar-refractivity contribution in [2.75, 3.05) is 26.2 Å². The second kappa shape index (κ2) is 5.89. The van der Waals surface area contributed by atoms with E-state index in [0.717, 1.165) is 23.9 Å². The fraction of sp³-hybridized carbons (Fsp3) is 0.211.